The van der Waals surface area contributed by atoms with Crippen LogP contribution in [0.15, 0.2) is 46.0 Å². The monoisotopic (exact) mass is 311 g/mol. The second-order valence-electron chi connectivity index (χ2n) is 3.88. The smallest absolute Gasteiger partial charge is 0.273 e. The molecule has 106 valence electrons. The van der Waals surface area contributed by atoms with Gasteiger partial charge in [-0.25, -0.2) is 8.42 Å². The Hall–Kier alpha value is -1.86. The van der Waals surface area contributed by atoms with Gasteiger partial charge in [-0.15, -0.1) is 11.3 Å². The average molecular weight is 311 g/mol. The van der Waals surface area contributed by atoms with Crippen LogP contribution in [-0.2, 0) is 14.8 Å². The first kappa shape index (κ1) is 14.5. The fourth-order valence-corrected chi connectivity index (χ4v) is 3.92. The summed E-state index contributed by atoms with van der Waals surface area (Å²) in [6, 6.07) is 9.77. The van der Waals surface area contributed by atoms with Gasteiger partial charge in [0, 0.05) is 7.05 Å². The van der Waals surface area contributed by atoms with Crippen molar-refractivity contribution in [1.29, 1.82) is 0 Å². The number of hydrogen-bond acceptors (Lipinski definition) is 5. The first-order chi connectivity index (χ1) is 9.55. The lowest BCUT2D eigenvalue weighted by Gasteiger charge is -2.18. The molecule has 0 aliphatic rings. The highest BCUT2D eigenvalue weighted by Crippen LogP contribution is 2.26. The fourth-order valence-electron chi connectivity index (χ4n) is 1.57. The van der Waals surface area contributed by atoms with E-state index >= 15 is 0 Å². The van der Waals surface area contributed by atoms with Crippen LogP contribution in [0.5, 0.6) is 5.75 Å². The summed E-state index contributed by atoms with van der Waals surface area (Å²) in [5, 5.41) is 1.72. The van der Waals surface area contributed by atoms with E-state index in [0.717, 1.165) is 0 Å². The van der Waals surface area contributed by atoms with E-state index in [0.29, 0.717) is 21.9 Å². The van der Waals surface area contributed by atoms with Crippen molar-refractivity contribution < 1.29 is 17.9 Å². The Morgan fingerprint density at radius 2 is 1.95 bits per heavy atom. The maximum Gasteiger partial charge on any atom is 0.273 e. The lowest BCUT2D eigenvalue weighted by Crippen LogP contribution is -2.25. The van der Waals surface area contributed by atoms with E-state index in [9.17, 15) is 13.2 Å². The van der Waals surface area contributed by atoms with Gasteiger partial charge in [-0.05, 0) is 35.7 Å². The number of thiophene rings is 1. The molecular formula is C13H13NO4S2. The van der Waals surface area contributed by atoms with E-state index in [1.54, 1.807) is 41.8 Å². The Labute approximate surface area is 121 Å². The highest BCUT2D eigenvalue weighted by Gasteiger charge is 2.22. The van der Waals surface area contributed by atoms with Crippen LogP contribution in [0, 0.1) is 0 Å². The van der Waals surface area contributed by atoms with Gasteiger partial charge in [0.1, 0.15) is 16.6 Å². The van der Waals surface area contributed by atoms with Gasteiger partial charge >= 0.3 is 0 Å². The molecule has 0 saturated carbocycles. The zero-order chi connectivity index (χ0) is 14.6. The van der Waals surface area contributed by atoms with Crippen molar-refractivity contribution in [3.8, 4) is 5.75 Å². The summed E-state index contributed by atoms with van der Waals surface area (Å²) in [5.41, 5.74) is 0.525. The van der Waals surface area contributed by atoms with Crippen molar-refractivity contribution in [3.63, 3.8) is 0 Å². The van der Waals surface area contributed by atoms with Crippen LogP contribution in [0.25, 0.3) is 0 Å². The molecule has 0 amide bonds. The molecule has 1 heterocycles. The van der Waals surface area contributed by atoms with Gasteiger partial charge in [-0.2, -0.15) is 0 Å². The van der Waals surface area contributed by atoms with Crippen LogP contribution in [-0.4, -0.2) is 28.4 Å². The van der Waals surface area contributed by atoms with Crippen LogP contribution in [0.1, 0.15) is 0 Å². The summed E-state index contributed by atoms with van der Waals surface area (Å²) in [5.74, 6) is 0.516. The number of anilines is 1. The third kappa shape index (κ3) is 3.00. The highest BCUT2D eigenvalue weighted by atomic mass is 32.2. The first-order valence-corrected chi connectivity index (χ1v) is 8.06. The van der Waals surface area contributed by atoms with Crippen LogP contribution in [0.4, 0.5) is 5.69 Å². The summed E-state index contributed by atoms with van der Waals surface area (Å²) in [4.78, 5) is 10.2. The molecular weight excluding hydrogens is 298 g/mol. The quantitative estimate of drug-likeness (QED) is 0.767. The van der Waals surface area contributed by atoms with Crippen molar-refractivity contribution in [3.05, 3.63) is 41.8 Å². The van der Waals surface area contributed by atoms with Crippen LogP contribution < -0.4 is 9.04 Å². The molecule has 2 aromatic rings. The molecule has 0 saturated heterocycles. The minimum absolute atomic E-state index is 0.0251. The molecule has 0 aliphatic carbocycles. The third-order valence-electron chi connectivity index (χ3n) is 2.63. The standard InChI is InChI=1S/C13H13NO4S2/c1-14(20(16,17)13-3-2-10-19-13)11-4-6-12(7-5-11)18-9-8-15/h2-8,10H,9H2,1H3. The van der Waals surface area contributed by atoms with E-state index in [1.807, 2.05) is 0 Å². The average Bonchev–Trinajstić information content (AvgIpc) is 3.00. The van der Waals surface area contributed by atoms with Gasteiger partial charge in [0.25, 0.3) is 10.0 Å². The van der Waals surface area contributed by atoms with Crippen molar-refractivity contribution >= 4 is 33.3 Å². The molecule has 1 aromatic carbocycles. The second kappa shape index (κ2) is 6.06. The SMILES string of the molecule is CN(c1ccc(OCC=O)cc1)S(=O)(=O)c1cccs1. The Morgan fingerprint density at radius 3 is 2.50 bits per heavy atom. The predicted molar refractivity (Wildman–Crippen MR) is 77.9 cm³/mol. The Balaban J connectivity index is 2.21. The van der Waals surface area contributed by atoms with E-state index < -0.39 is 10.0 Å². The number of carbonyl (C=O) groups is 1. The lowest BCUT2D eigenvalue weighted by molar-refractivity contribution is -0.109. The summed E-state index contributed by atoms with van der Waals surface area (Å²) in [7, 11) is -2.03. The zero-order valence-electron chi connectivity index (χ0n) is 10.7. The Kier molecular flexibility index (Phi) is 4.41. The number of nitrogens with zero attached hydrogens (tertiary/aromatic N) is 1. The number of benzene rings is 1. The molecule has 0 bridgehead atoms. The molecule has 1 aromatic heterocycles. The molecule has 2 rings (SSSR count). The summed E-state index contributed by atoms with van der Waals surface area (Å²) >= 11 is 1.17. The van der Waals surface area contributed by atoms with Crippen LogP contribution in [0.3, 0.4) is 0 Å². The fraction of sp³-hybridized carbons (Fsp3) is 0.154. The van der Waals surface area contributed by atoms with Crippen molar-refractivity contribution in [2.75, 3.05) is 18.0 Å². The number of hydrogen-bond donors (Lipinski definition) is 0. The maximum absolute atomic E-state index is 12.3. The minimum Gasteiger partial charge on any atom is -0.486 e. The maximum atomic E-state index is 12.3. The topological polar surface area (TPSA) is 63.7 Å². The molecule has 0 fully saturated rings. The Bertz CT molecular complexity index is 663. The Morgan fingerprint density at radius 1 is 1.25 bits per heavy atom. The van der Waals surface area contributed by atoms with Crippen molar-refractivity contribution in [2.45, 2.75) is 4.21 Å². The third-order valence-corrected chi connectivity index (χ3v) is 5.79. The lowest BCUT2D eigenvalue weighted by atomic mass is 10.3. The van der Waals surface area contributed by atoms with Crippen molar-refractivity contribution in [2.24, 2.45) is 0 Å². The predicted octanol–water partition coefficient (Wildman–Crippen LogP) is 2.15. The first-order valence-electron chi connectivity index (χ1n) is 5.74. The highest BCUT2D eigenvalue weighted by molar-refractivity contribution is 7.94. The minimum atomic E-state index is -3.52. The summed E-state index contributed by atoms with van der Waals surface area (Å²) in [6.45, 7) is -0.0251. The number of carbonyl (C=O) groups excluding carboxylic acids is 1. The van der Waals surface area contributed by atoms with E-state index in [-0.39, 0.29) is 6.61 Å². The molecule has 0 aliphatic heterocycles. The molecule has 20 heavy (non-hydrogen) atoms. The number of sulfonamides is 1. The molecule has 0 spiro atoms. The zero-order valence-corrected chi connectivity index (χ0v) is 12.4. The van der Waals surface area contributed by atoms with Crippen LogP contribution in [0.2, 0.25) is 0 Å². The largest absolute Gasteiger partial charge is 0.486 e. The molecule has 5 nitrogen and oxygen atoms in total. The molecule has 0 radical (unpaired) electrons. The van der Waals surface area contributed by atoms with Gasteiger partial charge < -0.3 is 4.74 Å². The molecule has 0 N–H and O–H groups in total. The van der Waals surface area contributed by atoms with E-state index in [2.05, 4.69) is 0 Å². The summed E-state index contributed by atoms with van der Waals surface area (Å²) < 4.78 is 31.2. The number of rotatable bonds is 6. The molecule has 0 atom stereocenters. The molecule has 7 heteroatoms. The number of ether oxygens (including phenoxy) is 1. The van der Waals surface area contributed by atoms with Gasteiger partial charge in [-0.1, -0.05) is 6.07 Å². The second-order valence-corrected chi connectivity index (χ2v) is 7.02. The van der Waals surface area contributed by atoms with Crippen molar-refractivity contribution in [1.82, 2.24) is 0 Å². The van der Waals surface area contributed by atoms with Gasteiger partial charge in [-0.3, -0.25) is 9.10 Å². The van der Waals surface area contributed by atoms with E-state index in [4.69, 9.17) is 4.74 Å². The summed E-state index contributed by atoms with van der Waals surface area (Å²) in [6.07, 6.45) is 0.654. The normalized spacial score (nSPS) is 11.1. The van der Waals surface area contributed by atoms with Gasteiger partial charge in [0.15, 0.2) is 6.29 Å². The van der Waals surface area contributed by atoms with Gasteiger partial charge in [0.2, 0.25) is 0 Å². The number of aldehydes is 1. The molecule has 0 unspecified atom stereocenters. The van der Waals surface area contributed by atoms with Gasteiger partial charge in [0.05, 0.1) is 5.69 Å². The van der Waals surface area contributed by atoms with Crippen LogP contribution >= 0.6 is 11.3 Å². The van der Waals surface area contributed by atoms with E-state index in [1.165, 1.54) is 22.7 Å².